The van der Waals surface area contributed by atoms with Crippen molar-refractivity contribution < 1.29 is 27.8 Å². The van der Waals surface area contributed by atoms with Gasteiger partial charge in [0.1, 0.15) is 5.60 Å². The summed E-state index contributed by atoms with van der Waals surface area (Å²) < 4.78 is 38.4. The van der Waals surface area contributed by atoms with Crippen molar-refractivity contribution in [1.82, 2.24) is 4.90 Å². The maximum absolute atomic E-state index is 14.3. The van der Waals surface area contributed by atoms with Gasteiger partial charge in [0.15, 0.2) is 11.6 Å². The molecule has 1 saturated heterocycles. The van der Waals surface area contributed by atoms with Crippen LogP contribution in [0.2, 0.25) is 0 Å². The number of nitrogens with zero attached hydrogens (tertiary/aromatic N) is 1. The van der Waals surface area contributed by atoms with Gasteiger partial charge in [0, 0.05) is 12.1 Å². The fourth-order valence-electron chi connectivity index (χ4n) is 4.57. The van der Waals surface area contributed by atoms with Crippen LogP contribution in [0, 0.1) is 17.0 Å². The lowest BCUT2D eigenvalue weighted by Crippen LogP contribution is -2.56. The molecule has 0 aliphatic carbocycles. The van der Waals surface area contributed by atoms with Crippen LogP contribution in [0.25, 0.3) is 0 Å². The number of amides is 1. The molecule has 1 amide bonds. The first-order chi connectivity index (χ1) is 14.7. The van der Waals surface area contributed by atoms with Crippen LogP contribution in [-0.4, -0.2) is 35.7 Å². The normalized spacial score (nSPS) is 21.8. The van der Waals surface area contributed by atoms with Crippen molar-refractivity contribution in [1.29, 1.82) is 0 Å². The lowest BCUT2D eigenvalue weighted by Gasteiger charge is -2.50. The quantitative estimate of drug-likeness (QED) is 0.400. The first kappa shape index (κ1) is 25.8. The van der Waals surface area contributed by atoms with E-state index in [-0.39, 0.29) is 6.04 Å². The topological polar surface area (TPSA) is 55.8 Å². The molecule has 32 heavy (non-hydrogen) atoms. The summed E-state index contributed by atoms with van der Waals surface area (Å²) in [5.41, 5.74) is -1.56. The molecule has 178 valence electrons. The van der Waals surface area contributed by atoms with Gasteiger partial charge in [-0.2, -0.15) is 0 Å². The summed E-state index contributed by atoms with van der Waals surface area (Å²) in [5.74, 6) is -2.31. The molecule has 0 saturated carbocycles. The molecule has 0 bridgehead atoms. The third-order valence-electron chi connectivity index (χ3n) is 5.97. The van der Waals surface area contributed by atoms with E-state index in [1.54, 1.807) is 37.8 Å². The maximum Gasteiger partial charge on any atom is 0.411 e. The van der Waals surface area contributed by atoms with Crippen LogP contribution in [0.1, 0.15) is 72.8 Å². The molecule has 0 N–H and O–H groups in total. The van der Waals surface area contributed by atoms with Gasteiger partial charge in [-0.05, 0) is 69.6 Å². The van der Waals surface area contributed by atoms with Gasteiger partial charge in [0.25, 0.3) is 0 Å². The lowest BCUT2D eigenvalue weighted by molar-refractivity contribution is -0.134. The zero-order valence-electron chi connectivity index (χ0n) is 20.1. The average Bonchev–Trinajstić information content (AvgIpc) is 3.06. The molecular weight excluding hydrogens is 416 g/mol. The van der Waals surface area contributed by atoms with Crippen LogP contribution in [0.3, 0.4) is 0 Å². The molecule has 1 aromatic rings. The van der Waals surface area contributed by atoms with Crippen molar-refractivity contribution in [2.45, 2.75) is 84.4 Å². The first-order valence-corrected chi connectivity index (χ1v) is 11.0. The number of ether oxygens (including phenoxy) is 2. The highest BCUT2D eigenvalue weighted by molar-refractivity contribution is 5.81. The van der Waals surface area contributed by atoms with E-state index < -0.39 is 40.3 Å². The van der Waals surface area contributed by atoms with Crippen LogP contribution < -0.4 is 0 Å². The molecule has 2 atom stereocenters. The predicted molar refractivity (Wildman–Crippen MR) is 119 cm³/mol. The van der Waals surface area contributed by atoms with E-state index in [1.165, 1.54) is 19.3 Å². The number of hydrogen-bond acceptors (Lipinski definition) is 4. The van der Waals surface area contributed by atoms with E-state index in [9.17, 15) is 18.4 Å². The molecule has 7 heteroatoms. The van der Waals surface area contributed by atoms with Crippen LogP contribution in [0.4, 0.5) is 13.6 Å². The van der Waals surface area contributed by atoms with Gasteiger partial charge in [-0.3, -0.25) is 4.90 Å². The van der Waals surface area contributed by atoms with Crippen LogP contribution in [0.15, 0.2) is 30.4 Å². The van der Waals surface area contributed by atoms with Gasteiger partial charge >= 0.3 is 12.1 Å². The second-order valence-electron chi connectivity index (χ2n) is 10.3. The predicted octanol–water partition coefficient (Wildman–Crippen LogP) is 6.12. The van der Waals surface area contributed by atoms with Crippen molar-refractivity contribution in [3.8, 4) is 0 Å². The SMILES string of the molecule is COC(=O)/C=C/CC[C@@H]1CC[C@](c2ccc(F)c(F)c2)(C(C)(C)C)N1C(=O)OC(C)(C)C. The second-order valence-corrected chi connectivity index (χ2v) is 10.3. The summed E-state index contributed by atoms with van der Waals surface area (Å²) in [6.45, 7) is 11.4. The van der Waals surface area contributed by atoms with E-state index in [0.29, 0.717) is 31.2 Å². The minimum Gasteiger partial charge on any atom is -0.466 e. The largest absolute Gasteiger partial charge is 0.466 e. The standard InChI is InChI=1S/C25H35F2NO4/c1-23(2,3)25(17-12-13-19(26)20(27)16-17)15-14-18(10-8-9-11-21(29)31-7)28(25)22(30)32-24(4,5)6/h9,11-13,16,18H,8,10,14-15H2,1-7H3/b11-9+/t18-,25+/m1/s1. The Hall–Kier alpha value is -2.44. The highest BCUT2D eigenvalue weighted by Gasteiger charge is 2.57. The number of carbonyl (C=O) groups excluding carboxylic acids is 2. The summed E-state index contributed by atoms with van der Waals surface area (Å²) in [4.78, 5) is 26.6. The van der Waals surface area contributed by atoms with E-state index >= 15 is 0 Å². The minimum absolute atomic E-state index is 0.195. The molecule has 1 heterocycles. The van der Waals surface area contributed by atoms with Crippen molar-refractivity contribution >= 4 is 12.1 Å². The number of allylic oxidation sites excluding steroid dienone is 1. The maximum atomic E-state index is 14.3. The number of benzene rings is 1. The zero-order chi connectivity index (χ0) is 24.3. The molecular formula is C25H35F2NO4. The lowest BCUT2D eigenvalue weighted by atomic mass is 9.67. The summed E-state index contributed by atoms with van der Waals surface area (Å²) in [6.07, 6.45) is 4.97. The van der Waals surface area contributed by atoms with Crippen molar-refractivity contribution in [3.05, 3.63) is 47.5 Å². The van der Waals surface area contributed by atoms with Gasteiger partial charge in [-0.1, -0.05) is 32.9 Å². The third-order valence-corrected chi connectivity index (χ3v) is 5.97. The van der Waals surface area contributed by atoms with Crippen molar-refractivity contribution in [2.24, 2.45) is 5.41 Å². The third kappa shape index (κ3) is 5.48. The van der Waals surface area contributed by atoms with Crippen LogP contribution in [-0.2, 0) is 19.8 Å². The Labute approximate surface area is 189 Å². The number of esters is 1. The van der Waals surface area contributed by atoms with Crippen molar-refractivity contribution in [2.75, 3.05) is 7.11 Å². The van der Waals surface area contributed by atoms with E-state index in [2.05, 4.69) is 4.74 Å². The number of halogens is 2. The molecule has 0 radical (unpaired) electrons. The monoisotopic (exact) mass is 451 g/mol. The van der Waals surface area contributed by atoms with Crippen LogP contribution >= 0.6 is 0 Å². The van der Waals surface area contributed by atoms with Crippen molar-refractivity contribution in [3.63, 3.8) is 0 Å². The molecule has 0 unspecified atom stereocenters. The number of likely N-dealkylation sites (tertiary alicyclic amines) is 1. The second kappa shape index (κ2) is 9.59. The Morgan fingerprint density at radius 3 is 2.34 bits per heavy atom. The minimum atomic E-state index is -0.945. The van der Waals surface area contributed by atoms with Crippen LogP contribution in [0.5, 0.6) is 0 Å². The number of methoxy groups -OCH3 is 1. The zero-order valence-corrected chi connectivity index (χ0v) is 20.1. The molecule has 1 aliphatic heterocycles. The summed E-state index contributed by atoms with van der Waals surface area (Å²) in [6, 6.07) is 3.66. The smallest absolute Gasteiger partial charge is 0.411 e. The highest BCUT2D eigenvalue weighted by Crippen LogP contribution is 2.54. The van der Waals surface area contributed by atoms with E-state index in [4.69, 9.17) is 4.74 Å². The Kier molecular flexibility index (Phi) is 7.74. The fraction of sp³-hybridized carbons (Fsp3) is 0.600. The molecule has 1 aliphatic rings. The van der Waals surface area contributed by atoms with E-state index in [0.717, 1.165) is 6.07 Å². The average molecular weight is 452 g/mol. The Bertz CT molecular complexity index is 870. The Balaban J connectivity index is 2.52. The van der Waals surface area contributed by atoms with Gasteiger partial charge in [0.05, 0.1) is 12.6 Å². The summed E-state index contributed by atoms with van der Waals surface area (Å²) >= 11 is 0. The number of rotatable bonds is 5. The molecule has 0 spiro atoms. The fourth-order valence-corrected chi connectivity index (χ4v) is 4.57. The number of hydrogen-bond donors (Lipinski definition) is 0. The summed E-state index contributed by atoms with van der Waals surface area (Å²) in [5, 5.41) is 0. The molecule has 0 aromatic heterocycles. The van der Waals surface area contributed by atoms with Gasteiger partial charge in [0.2, 0.25) is 0 Å². The Morgan fingerprint density at radius 1 is 1.16 bits per heavy atom. The summed E-state index contributed by atoms with van der Waals surface area (Å²) in [7, 11) is 1.31. The molecule has 5 nitrogen and oxygen atoms in total. The van der Waals surface area contributed by atoms with Gasteiger partial charge in [-0.15, -0.1) is 0 Å². The number of carbonyl (C=O) groups is 2. The highest BCUT2D eigenvalue weighted by atomic mass is 19.2. The van der Waals surface area contributed by atoms with Gasteiger partial charge in [-0.25, -0.2) is 18.4 Å². The molecule has 1 fully saturated rings. The van der Waals surface area contributed by atoms with Gasteiger partial charge < -0.3 is 9.47 Å². The molecule has 2 rings (SSSR count). The van der Waals surface area contributed by atoms with E-state index in [1.807, 2.05) is 20.8 Å². The molecule has 1 aromatic carbocycles. The first-order valence-electron chi connectivity index (χ1n) is 11.0. The Morgan fingerprint density at radius 2 is 1.81 bits per heavy atom.